The highest BCUT2D eigenvalue weighted by atomic mass is 15.3. The van der Waals surface area contributed by atoms with Crippen molar-refractivity contribution in [1.82, 2.24) is 19.5 Å². The molecule has 0 aliphatic carbocycles. The topological polar surface area (TPSA) is 81.7 Å². The molecule has 2 aromatic heterocycles. The summed E-state index contributed by atoms with van der Waals surface area (Å²) >= 11 is 0. The molecule has 0 aliphatic rings. The first-order chi connectivity index (χ1) is 6.81. The van der Waals surface area contributed by atoms with Crippen LogP contribution in [0.15, 0.2) is 24.8 Å². The van der Waals surface area contributed by atoms with Crippen LogP contribution in [0.25, 0.3) is 5.82 Å². The van der Waals surface area contributed by atoms with Crippen molar-refractivity contribution in [2.24, 2.45) is 5.84 Å². The summed E-state index contributed by atoms with van der Waals surface area (Å²) < 4.78 is 1.84. The Morgan fingerprint density at radius 1 is 1.29 bits per heavy atom. The number of hydrazine groups is 1. The summed E-state index contributed by atoms with van der Waals surface area (Å²) in [4.78, 5) is 12.3. The highest BCUT2D eigenvalue weighted by Gasteiger charge is 2.01. The van der Waals surface area contributed by atoms with Crippen LogP contribution in [0, 0.1) is 6.92 Å². The number of rotatable bonds is 2. The molecule has 14 heavy (non-hydrogen) atoms. The van der Waals surface area contributed by atoms with Crippen LogP contribution in [0.2, 0.25) is 0 Å². The molecule has 0 saturated heterocycles. The SMILES string of the molecule is Cc1nccn1-c1cnc(NN)cn1. The molecule has 0 bridgehead atoms. The maximum absolute atomic E-state index is 5.18. The number of imidazole rings is 1. The van der Waals surface area contributed by atoms with Gasteiger partial charge in [0.15, 0.2) is 11.6 Å². The Kier molecular flexibility index (Phi) is 2.11. The third kappa shape index (κ3) is 1.42. The Morgan fingerprint density at radius 2 is 2.14 bits per heavy atom. The van der Waals surface area contributed by atoms with Gasteiger partial charge in [0, 0.05) is 12.4 Å². The van der Waals surface area contributed by atoms with E-state index in [1.807, 2.05) is 17.7 Å². The molecule has 3 N–H and O–H groups in total. The van der Waals surface area contributed by atoms with Gasteiger partial charge < -0.3 is 5.43 Å². The van der Waals surface area contributed by atoms with Gasteiger partial charge in [-0.1, -0.05) is 0 Å². The fourth-order valence-corrected chi connectivity index (χ4v) is 1.14. The summed E-state index contributed by atoms with van der Waals surface area (Å²) in [6.07, 6.45) is 6.74. The fourth-order valence-electron chi connectivity index (χ4n) is 1.14. The summed E-state index contributed by atoms with van der Waals surface area (Å²) in [6, 6.07) is 0. The van der Waals surface area contributed by atoms with E-state index in [2.05, 4.69) is 20.4 Å². The minimum atomic E-state index is 0.534. The molecule has 6 heteroatoms. The second-order valence-electron chi connectivity index (χ2n) is 2.75. The lowest BCUT2D eigenvalue weighted by Gasteiger charge is -2.03. The highest BCUT2D eigenvalue weighted by Crippen LogP contribution is 2.06. The summed E-state index contributed by atoms with van der Waals surface area (Å²) in [5.74, 6) is 7.30. The van der Waals surface area contributed by atoms with Gasteiger partial charge in [-0.25, -0.2) is 20.8 Å². The van der Waals surface area contributed by atoms with Crippen molar-refractivity contribution >= 4 is 5.82 Å². The molecule has 0 aromatic carbocycles. The number of nitrogen functional groups attached to an aromatic ring is 1. The smallest absolute Gasteiger partial charge is 0.158 e. The van der Waals surface area contributed by atoms with Gasteiger partial charge in [0.2, 0.25) is 0 Å². The highest BCUT2D eigenvalue weighted by molar-refractivity contribution is 5.32. The number of nitrogens with zero attached hydrogens (tertiary/aromatic N) is 4. The normalized spacial score (nSPS) is 10.1. The first-order valence-electron chi connectivity index (χ1n) is 4.10. The molecule has 2 heterocycles. The largest absolute Gasteiger partial charge is 0.307 e. The number of aryl methyl sites for hydroxylation is 1. The van der Waals surface area contributed by atoms with Crippen molar-refractivity contribution in [3.63, 3.8) is 0 Å². The monoisotopic (exact) mass is 190 g/mol. The van der Waals surface area contributed by atoms with Crippen molar-refractivity contribution in [3.05, 3.63) is 30.6 Å². The van der Waals surface area contributed by atoms with Crippen LogP contribution < -0.4 is 11.3 Å². The third-order valence-electron chi connectivity index (χ3n) is 1.86. The lowest BCUT2D eigenvalue weighted by molar-refractivity contribution is 0.918. The van der Waals surface area contributed by atoms with E-state index in [0.717, 1.165) is 11.6 Å². The van der Waals surface area contributed by atoms with E-state index in [1.165, 1.54) is 0 Å². The summed E-state index contributed by atoms with van der Waals surface area (Å²) in [5.41, 5.74) is 2.42. The Balaban J connectivity index is 2.39. The number of anilines is 1. The minimum absolute atomic E-state index is 0.534. The molecule has 6 nitrogen and oxygen atoms in total. The van der Waals surface area contributed by atoms with E-state index < -0.39 is 0 Å². The number of nitrogens with two attached hydrogens (primary N) is 1. The summed E-state index contributed by atoms with van der Waals surface area (Å²) in [5, 5.41) is 0. The van der Waals surface area contributed by atoms with E-state index in [0.29, 0.717) is 5.82 Å². The van der Waals surface area contributed by atoms with Gasteiger partial charge in [0.05, 0.1) is 12.4 Å². The van der Waals surface area contributed by atoms with Crippen molar-refractivity contribution in [2.45, 2.75) is 6.92 Å². The Morgan fingerprint density at radius 3 is 2.64 bits per heavy atom. The predicted molar refractivity (Wildman–Crippen MR) is 51.7 cm³/mol. The van der Waals surface area contributed by atoms with Crippen molar-refractivity contribution < 1.29 is 0 Å². The van der Waals surface area contributed by atoms with Crippen LogP contribution in [-0.2, 0) is 0 Å². The number of nitrogens with one attached hydrogen (secondary N) is 1. The molecular formula is C8H10N6. The van der Waals surface area contributed by atoms with Gasteiger partial charge in [-0.05, 0) is 6.92 Å². The molecule has 2 aromatic rings. The maximum Gasteiger partial charge on any atom is 0.158 e. The van der Waals surface area contributed by atoms with E-state index in [-0.39, 0.29) is 0 Å². The molecule has 0 aliphatic heterocycles. The Labute approximate surface area is 80.8 Å². The van der Waals surface area contributed by atoms with Crippen molar-refractivity contribution in [3.8, 4) is 5.82 Å². The van der Waals surface area contributed by atoms with Crippen LogP contribution in [0.3, 0.4) is 0 Å². The van der Waals surface area contributed by atoms with Crippen LogP contribution in [0.4, 0.5) is 5.82 Å². The second kappa shape index (κ2) is 3.43. The first-order valence-corrected chi connectivity index (χ1v) is 4.10. The molecule has 0 spiro atoms. The average Bonchev–Trinajstić information content (AvgIpc) is 2.65. The van der Waals surface area contributed by atoms with E-state index in [9.17, 15) is 0 Å². The third-order valence-corrected chi connectivity index (χ3v) is 1.86. The summed E-state index contributed by atoms with van der Waals surface area (Å²) in [6.45, 7) is 1.90. The fraction of sp³-hybridized carbons (Fsp3) is 0.125. The molecule has 0 saturated carbocycles. The van der Waals surface area contributed by atoms with E-state index in [4.69, 9.17) is 5.84 Å². The van der Waals surface area contributed by atoms with Gasteiger partial charge in [-0.2, -0.15) is 0 Å². The molecule has 2 rings (SSSR count). The molecule has 0 radical (unpaired) electrons. The molecular weight excluding hydrogens is 180 g/mol. The van der Waals surface area contributed by atoms with E-state index in [1.54, 1.807) is 18.6 Å². The molecule has 0 amide bonds. The first kappa shape index (κ1) is 8.64. The number of hydrogen-bond acceptors (Lipinski definition) is 5. The van der Waals surface area contributed by atoms with Crippen LogP contribution in [0.5, 0.6) is 0 Å². The van der Waals surface area contributed by atoms with Crippen LogP contribution >= 0.6 is 0 Å². The van der Waals surface area contributed by atoms with Crippen molar-refractivity contribution in [1.29, 1.82) is 0 Å². The summed E-state index contributed by atoms with van der Waals surface area (Å²) in [7, 11) is 0. The van der Waals surface area contributed by atoms with Gasteiger partial charge in [0.25, 0.3) is 0 Å². The van der Waals surface area contributed by atoms with Crippen LogP contribution in [-0.4, -0.2) is 19.5 Å². The zero-order chi connectivity index (χ0) is 9.97. The number of aromatic nitrogens is 4. The van der Waals surface area contributed by atoms with Crippen molar-refractivity contribution in [2.75, 3.05) is 5.43 Å². The minimum Gasteiger partial charge on any atom is -0.307 e. The Hall–Kier alpha value is -1.95. The average molecular weight is 190 g/mol. The zero-order valence-electron chi connectivity index (χ0n) is 7.68. The number of hydrogen-bond donors (Lipinski definition) is 2. The second-order valence-corrected chi connectivity index (χ2v) is 2.75. The molecule has 0 fully saturated rings. The van der Waals surface area contributed by atoms with Gasteiger partial charge in [-0.3, -0.25) is 4.57 Å². The molecule has 72 valence electrons. The molecule has 0 atom stereocenters. The van der Waals surface area contributed by atoms with Gasteiger partial charge >= 0.3 is 0 Å². The van der Waals surface area contributed by atoms with Gasteiger partial charge in [0.1, 0.15) is 5.82 Å². The van der Waals surface area contributed by atoms with Crippen LogP contribution in [0.1, 0.15) is 5.82 Å². The van der Waals surface area contributed by atoms with Gasteiger partial charge in [-0.15, -0.1) is 0 Å². The molecule has 0 unspecified atom stereocenters. The van der Waals surface area contributed by atoms with E-state index >= 15 is 0 Å². The lowest BCUT2D eigenvalue weighted by Crippen LogP contribution is -2.09. The lowest BCUT2D eigenvalue weighted by atomic mass is 10.6. The maximum atomic E-state index is 5.18. The quantitative estimate of drug-likeness (QED) is 0.524. The standard InChI is InChI=1S/C8H10N6/c1-6-10-2-3-14(6)8-5-11-7(13-9)4-12-8/h2-5H,9H2,1H3,(H,11,13). The Bertz CT molecular complexity index is 418. The predicted octanol–water partition coefficient (Wildman–Crippen LogP) is 0.256. The zero-order valence-corrected chi connectivity index (χ0v) is 7.68.